The van der Waals surface area contributed by atoms with Crippen molar-refractivity contribution in [2.45, 2.75) is 45.2 Å². The molecule has 0 saturated carbocycles. The molecule has 28 heavy (non-hydrogen) atoms. The van der Waals surface area contributed by atoms with Gasteiger partial charge in [-0.3, -0.25) is 9.59 Å². The van der Waals surface area contributed by atoms with Gasteiger partial charge in [0.05, 0.1) is 25.6 Å². The Morgan fingerprint density at radius 1 is 1.14 bits per heavy atom. The molecule has 1 heterocycles. The van der Waals surface area contributed by atoms with Crippen LogP contribution in [0.1, 0.15) is 55.0 Å². The average molecular weight is 380 g/mol. The van der Waals surface area contributed by atoms with Crippen molar-refractivity contribution >= 4 is 11.8 Å². The van der Waals surface area contributed by atoms with E-state index < -0.39 is 0 Å². The Balaban J connectivity index is 1.75. The quantitative estimate of drug-likeness (QED) is 0.826. The van der Waals surface area contributed by atoms with Crippen molar-refractivity contribution in [3.63, 3.8) is 0 Å². The number of nitrogens with zero attached hydrogens (tertiary/aromatic N) is 1. The number of ether oxygens (including phenoxy) is 1. The summed E-state index contributed by atoms with van der Waals surface area (Å²) in [7, 11) is 1.65. The first-order valence-corrected chi connectivity index (χ1v) is 9.75. The molecule has 0 spiro atoms. The van der Waals surface area contributed by atoms with Gasteiger partial charge in [-0.05, 0) is 43.0 Å². The number of nitrogens with one attached hydrogen (secondary N) is 1. The van der Waals surface area contributed by atoms with E-state index in [4.69, 9.17) is 4.74 Å². The van der Waals surface area contributed by atoms with Gasteiger partial charge in [0.15, 0.2) is 0 Å². The number of aryl methyl sites for hydroxylation is 1. The van der Waals surface area contributed by atoms with E-state index in [1.54, 1.807) is 7.11 Å². The minimum absolute atomic E-state index is 0.0673. The van der Waals surface area contributed by atoms with Gasteiger partial charge < -0.3 is 15.0 Å². The van der Waals surface area contributed by atoms with Crippen LogP contribution in [0.2, 0.25) is 0 Å². The van der Waals surface area contributed by atoms with Crippen LogP contribution in [0.4, 0.5) is 0 Å². The van der Waals surface area contributed by atoms with Crippen molar-refractivity contribution in [3.05, 3.63) is 65.2 Å². The van der Waals surface area contributed by atoms with Gasteiger partial charge in [0.1, 0.15) is 5.75 Å². The van der Waals surface area contributed by atoms with Crippen LogP contribution >= 0.6 is 0 Å². The zero-order valence-corrected chi connectivity index (χ0v) is 16.8. The molecule has 0 radical (unpaired) electrons. The fraction of sp³-hybridized carbons (Fsp3) is 0.391. The molecule has 5 heteroatoms. The Bertz CT molecular complexity index is 815. The van der Waals surface area contributed by atoms with Crippen molar-refractivity contribution in [1.82, 2.24) is 10.2 Å². The SMILES string of the molecule is COc1ccc(C2CCCN2C(=O)CC(NC(C)=O)c2ccc(C)cc2)cc1. The summed E-state index contributed by atoms with van der Waals surface area (Å²) < 4.78 is 5.23. The van der Waals surface area contributed by atoms with Crippen LogP contribution in [0.5, 0.6) is 5.75 Å². The molecule has 2 aromatic carbocycles. The lowest BCUT2D eigenvalue weighted by Gasteiger charge is -2.28. The molecule has 2 atom stereocenters. The van der Waals surface area contributed by atoms with Crippen LogP contribution in [0.25, 0.3) is 0 Å². The molecule has 2 amide bonds. The van der Waals surface area contributed by atoms with E-state index in [0.29, 0.717) is 0 Å². The summed E-state index contributed by atoms with van der Waals surface area (Å²) in [5, 5.41) is 2.94. The van der Waals surface area contributed by atoms with Gasteiger partial charge in [-0.2, -0.15) is 0 Å². The van der Waals surface area contributed by atoms with Crippen molar-refractivity contribution in [2.24, 2.45) is 0 Å². The van der Waals surface area contributed by atoms with Crippen molar-refractivity contribution in [2.75, 3.05) is 13.7 Å². The van der Waals surface area contributed by atoms with E-state index in [-0.39, 0.29) is 30.3 Å². The Labute approximate surface area is 166 Å². The molecule has 0 bridgehead atoms. The van der Waals surface area contributed by atoms with Crippen molar-refractivity contribution in [3.8, 4) is 5.75 Å². The minimum atomic E-state index is -0.317. The lowest BCUT2D eigenvalue weighted by molar-refractivity contribution is -0.133. The highest BCUT2D eigenvalue weighted by atomic mass is 16.5. The highest BCUT2D eigenvalue weighted by Crippen LogP contribution is 2.34. The molecular weight excluding hydrogens is 352 g/mol. The second-order valence-electron chi connectivity index (χ2n) is 7.39. The predicted molar refractivity (Wildman–Crippen MR) is 109 cm³/mol. The summed E-state index contributed by atoms with van der Waals surface area (Å²) in [6, 6.07) is 15.7. The number of carbonyl (C=O) groups is 2. The average Bonchev–Trinajstić information content (AvgIpc) is 3.18. The topological polar surface area (TPSA) is 58.6 Å². The van der Waals surface area contributed by atoms with Crippen LogP contribution < -0.4 is 10.1 Å². The summed E-state index contributed by atoms with van der Waals surface area (Å²) in [4.78, 5) is 26.8. The summed E-state index contributed by atoms with van der Waals surface area (Å²) >= 11 is 0. The number of likely N-dealkylation sites (tertiary alicyclic amines) is 1. The summed E-state index contributed by atoms with van der Waals surface area (Å²) in [5.41, 5.74) is 3.23. The number of hydrogen-bond donors (Lipinski definition) is 1. The summed E-state index contributed by atoms with van der Waals surface area (Å²) in [6.45, 7) is 4.25. The lowest BCUT2D eigenvalue weighted by atomic mass is 10.00. The van der Waals surface area contributed by atoms with Gasteiger partial charge in [-0.25, -0.2) is 0 Å². The molecule has 1 fully saturated rings. The Hall–Kier alpha value is -2.82. The predicted octanol–water partition coefficient (Wildman–Crippen LogP) is 3.93. The third-order valence-electron chi connectivity index (χ3n) is 5.31. The number of amides is 2. The van der Waals surface area contributed by atoms with Gasteiger partial charge in [0.25, 0.3) is 0 Å². The highest BCUT2D eigenvalue weighted by Gasteiger charge is 2.31. The van der Waals surface area contributed by atoms with Crippen LogP contribution in [-0.4, -0.2) is 30.4 Å². The number of hydrogen-bond acceptors (Lipinski definition) is 3. The van der Waals surface area contributed by atoms with Gasteiger partial charge in [-0.1, -0.05) is 42.0 Å². The molecule has 0 aromatic heterocycles. The molecule has 0 aliphatic carbocycles. The van der Waals surface area contributed by atoms with E-state index in [1.165, 1.54) is 6.92 Å². The first-order chi connectivity index (χ1) is 13.5. The number of benzene rings is 2. The Morgan fingerprint density at radius 2 is 1.82 bits per heavy atom. The Morgan fingerprint density at radius 3 is 2.43 bits per heavy atom. The van der Waals surface area contributed by atoms with E-state index in [1.807, 2.05) is 60.4 Å². The largest absolute Gasteiger partial charge is 0.497 e. The summed E-state index contributed by atoms with van der Waals surface area (Å²) in [6.07, 6.45) is 2.19. The molecule has 2 aromatic rings. The molecule has 1 aliphatic rings. The fourth-order valence-electron chi connectivity index (χ4n) is 3.83. The molecule has 1 aliphatic heterocycles. The standard InChI is InChI=1S/C23H28N2O3/c1-16-6-8-18(9-7-16)21(24-17(2)26)15-23(27)25-14-4-5-22(25)19-10-12-20(28-3)13-11-19/h6-13,21-22H,4-5,14-15H2,1-3H3,(H,24,26). The first-order valence-electron chi connectivity index (χ1n) is 9.75. The molecule has 5 nitrogen and oxygen atoms in total. The molecule has 1 N–H and O–H groups in total. The molecule has 148 valence electrons. The summed E-state index contributed by atoms with van der Waals surface area (Å²) in [5.74, 6) is 0.744. The molecular formula is C23H28N2O3. The highest BCUT2D eigenvalue weighted by molar-refractivity contribution is 5.80. The number of rotatable bonds is 6. The van der Waals surface area contributed by atoms with Gasteiger partial charge in [0, 0.05) is 13.5 Å². The second kappa shape index (κ2) is 8.91. The van der Waals surface area contributed by atoms with Crippen LogP contribution in [0.15, 0.2) is 48.5 Å². The molecule has 3 rings (SSSR count). The van der Waals surface area contributed by atoms with Crippen LogP contribution in [0, 0.1) is 6.92 Å². The fourth-order valence-corrected chi connectivity index (χ4v) is 3.83. The van der Waals surface area contributed by atoms with E-state index >= 15 is 0 Å². The van der Waals surface area contributed by atoms with Crippen LogP contribution in [-0.2, 0) is 9.59 Å². The second-order valence-corrected chi connectivity index (χ2v) is 7.39. The normalized spacial score (nSPS) is 17.2. The number of carbonyl (C=O) groups excluding carboxylic acids is 2. The monoisotopic (exact) mass is 380 g/mol. The maximum Gasteiger partial charge on any atom is 0.225 e. The Kier molecular flexibility index (Phi) is 6.34. The third-order valence-corrected chi connectivity index (χ3v) is 5.31. The first kappa shape index (κ1) is 19.9. The maximum atomic E-state index is 13.1. The van der Waals surface area contributed by atoms with Crippen molar-refractivity contribution in [1.29, 1.82) is 0 Å². The molecule has 2 unspecified atom stereocenters. The minimum Gasteiger partial charge on any atom is -0.497 e. The molecule has 1 saturated heterocycles. The number of methoxy groups -OCH3 is 1. The van der Waals surface area contributed by atoms with Crippen molar-refractivity contribution < 1.29 is 14.3 Å². The zero-order chi connectivity index (χ0) is 20.1. The van der Waals surface area contributed by atoms with Crippen LogP contribution in [0.3, 0.4) is 0 Å². The van der Waals surface area contributed by atoms with E-state index in [2.05, 4.69) is 5.32 Å². The van der Waals surface area contributed by atoms with E-state index in [9.17, 15) is 9.59 Å². The van der Waals surface area contributed by atoms with Gasteiger partial charge >= 0.3 is 0 Å². The lowest BCUT2D eigenvalue weighted by Crippen LogP contribution is -2.35. The maximum absolute atomic E-state index is 13.1. The van der Waals surface area contributed by atoms with Gasteiger partial charge in [-0.15, -0.1) is 0 Å². The smallest absolute Gasteiger partial charge is 0.225 e. The third kappa shape index (κ3) is 4.71. The van der Waals surface area contributed by atoms with Gasteiger partial charge in [0.2, 0.25) is 11.8 Å². The van der Waals surface area contributed by atoms with E-state index in [0.717, 1.165) is 41.8 Å². The zero-order valence-electron chi connectivity index (χ0n) is 16.8.